The van der Waals surface area contributed by atoms with Crippen molar-refractivity contribution in [2.45, 2.75) is 52.0 Å². The van der Waals surface area contributed by atoms with E-state index in [0.29, 0.717) is 5.41 Å². The number of urea groups is 1. The Balaban J connectivity index is 0.000000926. The summed E-state index contributed by atoms with van der Waals surface area (Å²) >= 11 is 11.9. The van der Waals surface area contributed by atoms with Crippen LogP contribution in [0.2, 0.25) is 10.0 Å². The topological polar surface area (TPSA) is 76.4 Å². The normalized spacial score (nSPS) is 18.8. The summed E-state index contributed by atoms with van der Waals surface area (Å²) in [6.45, 7) is 8.85. The van der Waals surface area contributed by atoms with Gasteiger partial charge in [-0.05, 0) is 30.0 Å². The van der Waals surface area contributed by atoms with Gasteiger partial charge in [-0.3, -0.25) is 4.79 Å². The molecule has 0 aliphatic carbocycles. The van der Waals surface area contributed by atoms with Gasteiger partial charge in [-0.1, -0.05) is 69.1 Å². The summed E-state index contributed by atoms with van der Waals surface area (Å²) in [6, 6.07) is 8.57. The van der Waals surface area contributed by atoms with Crippen molar-refractivity contribution in [3.05, 3.63) is 69.2 Å². The second kappa shape index (κ2) is 12.8. The number of hydrogen-bond donors (Lipinski definition) is 1. The fourth-order valence-electron chi connectivity index (χ4n) is 4.12. The molecule has 0 bridgehead atoms. The molecule has 1 N–H and O–H groups in total. The number of rotatable bonds is 5. The first-order valence-electron chi connectivity index (χ1n) is 12.2. The molecule has 1 unspecified atom stereocenters. The van der Waals surface area contributed by atoms with E-state index >= 15 is 4.39 Å². The molecule has 1 heterocycles. The quantitative estimate of drug-likeness (QED) is 0.436. The largest absolute Gasteiger partial charge is 0.349 e. The van der Waals surface area contributed by atoms with Crippen LogP contribution in [0.25, 0.3) is 0 Å². The van der Waals surface area contributed by atoms with Crippen molar-refractivity contribution in [1.29, 1.82) is 5.26 Å². The van der Waals surface area contributed by atoms with Gasteiger partial charge >= 0.3 is 6.03 Å². The Hall–Kier alpha value is -2.89. The van der Waals surface area contributed by atoms with Crippen LogP contribution in [0.15, 0.2) is 36.4 Å². The molecule has 10 heteroatoms. The zero-order valence-corrected chi connectivity index (χ0v) is 24.1. The third-order valence-electron chi connectivity index (χ3n) is 5.79. The molecule has 2 atom stereocenters. The molecule has 1 aliphatic heterocycles. The fourth-order valence-corrected chi connectivity index (χ4v) is 4.47. The highest BCUT2D eigenvalue weighted by Gasteiger charge is 2.53. The van der Waals surface area contributed by atoms with Crippen molar-refractivity contribution in [3.8, 4) is 6.07 Å². The molecule has 38 heavy (non-hydrogen) atoms. The number of carbonyl (C=O) groups excluding carboxylic acids is 2. The van der Waals surface area contributed by atoms with Crippen LogP contribution in [0.3, 0.4) is 0 Å². The van der Waals surface area contributed by atoms with Gasteiger partial charge in [0.15, 0.2) is 0 Å². The van der Waals surface area contributed by atoms with Gasteiger partial charge in [-0.2, -0.15) is 5.26 Å². The minimum absolute atomic E-state index is 0.00424. The second-order valence-corrected chi connectivity index (χ2v) is 11.8. The summed E-state index contributed by atoms with van der Waals surface area (Å²) < 4.78 is 30.1. The van der Waals surface area contributed by atoms with Crippen LogP contribution in [0, 0.1) is 28.4 Å². The molecule has 0 aromatic heterocycles. The lowest BCUT2D eigenvalue weighted by Crippen LogP contribution is -2.44. The van der Waals surface area contributed by atoms with Crippen molar-refractivity contribution < 1.29 is 18.4 Å². The van der Waals surface area contributed by atoms with Gasteiger partial charge in [0.25, 0.3) is 0 Å². The smallest absolute Gasteiger partial charge is 0.317 e. The van der Waals surface area contributed by atoms with Crippen LogP contribution in [0.5, 0.6) is 0 Å². The fraction of sp³-hybridized carbons (Fsp3) is 0.464. The van der Waals surface area contributed by atoms with Gasteiger partial charge in [0.05, 0.1) is 17.1 Å². The molecule has 2 aromatic rings. The highest BCUT2D eigenvalue weighted by molar-refractivity contribution is 6.31. The molecule has 6 nitrogen and oxygen atoms in total. The number of hydrogen-bond acceptors (Lipinski definition) is 3. The summed E-state index contributed by atoms with van der Waals surface area (Å²) in [5, 5.41) is 12.9. The predicted octanol–water partition coefficient (Wildman–Crippen LogP) is 6.72. The standard InChI is InChI=1S/C23H22Cl2F2N4O2.C5H12/c1-30(2)19(32)8-10-29-22(33)31-11-9-23(13-28,16-7-6-14(24)12-18(16)26)21(31)15-4-3-5-17(25)20(15)27;1-5(2,3)4/h3-7,12,21H,8-11H2,1-2H3,(H,29,33);1-4H3/t21-,23?;/m1./s1. The predicted molar refractivity (Wildman–Crippen MR) is 146 cm³/mol. The van der Waals surface area contributed by atoms with Gasteiger partial charge in [-0.15, -0.1) is 0 Å². The first kappa shape index (κ1) is 31.3. The van der Waals surface area contributed by atoms with Gasteiger partial charge < -0.3 is 15.1 Å². The maximum absolute atomic E-state index is 15.1. The zero-order chi connectivity index (χ0) is 28.8. The summed E-state index contributed by atoms with van der Waals surface area (Å²) in [5.74, 6) is -1.69. The Labute approximate surface area is 233 Å². The maximum atomic E-state index is 15.1. The van der Waals surface area contributed by atoms with Crippen molar-refractivity contribution >= 4 is 35.1 Å². The molecule has 0 radical (unpaired) electrons. The van der Waals surface area contributed by atoms with E-state index in [1.54, 1.807) is 14.1 Å². The number of nitrogens with zero attached hydrogens (tertiary/aromatic N) is 3. The maximum Gasteiger partial charge on any atom is 0.317 e. The van der Waals surface area contributed by atoms with Gasteiger partial charge in [0, 0.05) is 49.8 Å². The number of amides is 3. The number of likely N-dealkylation sites (tertiary alicyclic amines) is 1. The average molecular weight is 568 g/mol. The highest BCUT2D eigenvalue weighted by atomic mass is 35.5. The van der Waals surface area contributed by atoms with Gasteiger partial charge in [0.2, 0.25) is 5.91 Å². The second-order valence-electron chi connectivity index (χ2n) is 11.0. The number of nitriles is 1. The van der Waals surface area contributed by atoms with Crippen molar-refractivity contribution in [2.75, 3.05) is 27.2 Å². The Morgan fingerprint density at radius 1 is 1.18 bits per heavy atom. The van der Waals surface area contributed by atoms with Crippen LogP contribution >= 0.6 is 23.2 Å². The summed E-state index contributed by atoms with van der Waals surface area (Å²) in [6.07, 6.45) is 0.126. The SMILES string of the molecule is CC(C)(C)C.CN(C)C(=O)CCNC(=O)N1CCC(C#N)(c2ccc(Cl)cc2F)[C@H]1c1cccc(Cl)c1F. The van der Waals surface area contributed by atoms with E-state index in [1.807, 2.05) is 0 Å². The molecule has 1 aliphatic rings. The third kappa shape index (κ3) is 7.58. The molecule has 206 valence electrons. The first-order chi connectivity index (χ1) is 17.6. The van der Waals surface area contributed by atoms with Crippen molar-refractivity contribution in [2.24, 2.45) is 5.41 Å². The summed E-state index contributed by atoms with van der Waals surface area (Å²) in [7, 11) is 3.20. The van der Waals surface area contributed by atoms with Gasteiger partial charge in [-0.25, -0.2) is 13.6 Å². The lowest BCUT2D eigenvalue weighted by molar-refractivity contribution is -0.128. The molecule has 3 amide bonds. The molecular weight excluding hydrogens is 533 g/mol. The minimum Gasteiger partial charge on any atom is -0.349 e. The van der Waals surface area contributed by atoms with E-state index in [2.05, 4.69) is 39.1 Å². The van der Waals surface area contributed by atoms with Crippen LogP contribution in [0.4, 0.5) is 13.6 Å². The Morgan fingerprint density at radius 2 is 1.82 bits per heavy atom. The molecule has 3 rings (SSSR count). The van der Waals surface area contributed by atoms with Crippen LogP contribution in [-0.4, -0.2) is 48.9 Å². The van der Waals surface area contributed by atoms with E-state index in [-0.39, 0.29) is 53.0 Å². The Bertz CT molecular complexity index is 1200. The van der Waals surface area contributed by atoms with E-state index in [1.165, 1.54) is 40.1 Å². The number of nitrogens with one attached hydrogen (secondary N) is 1. The lowest BCUT2D eigenvalue weighted by Gasteiger charge is -2.34. The third-order valence-corrected chi connectivity index (χ3v) is 6.31. The van der Waals surface area contributed by atoms with Crippen LogP contribution in [0.1, 0.15) is 57.7 Å². The zero-order valence-electron chi connectivity index (χ0n) is 22.5. The minimum atomic E-state index is -1.59. The lowest BCUT2D eigenvalue weighted by atomic mass is 9.72. The number of halogens is 4. The van der Waals surface area contributed by atoms with Crippen LogP contribution in [-0.2, 0) is 10.2 Å². The molecular formula is C28H34Cl2F2N4O2. The van der Waals surface area contributed by atoms with E-state index in [9.17, 15) is 19.2 Å². The van der Waals surface area contributed by atoms with E-state index in [0.717, 1.165) is 6.07 Å². The van der Waals surface area contributed by atoms with Crippen LogP contribution < -0.4 is 5.32 Å². The van der Waals surface area contributed by atoms with Crippen molar-refractivity contribution in [3.63, 3.8) is 0 Å². The molecule has 0 saturated carbocycles. The molecule has 1 saturated heterocycles. The van der Waals surface area contributed by atoms with Crippen molar-refractivity contribution in [1.82, 2.24) is 15.1 Å². The molecule has 1 fully saturated rings. The first-order valence-corrected chi connectivity index (χ1v) is 12.9. The average Bonchev–Trinajstić information content (AvgIpc) is 3.19. The van der Waals surface area contributed by atoms with E-state index < -0.39 is 29.1 Å². The Morgan fingerprint density at radius 3 is 2.37 bits per heavy atom. The molecule has 2 aromatic carbocycles. The van der Waals surface area contributed by atoms with E-state index in [4.69, 9.17) is 23.2 Å². The molecule has 0 spiro atoms. The summed E-state index contributed by atoms with van der Waals surface area (Å²) in [5.41, 5.74) is -1.08. The monoisotopic (exact) mass is 566 g/mol. The van der Waals surface area contributed by atoms with Gasteiger partial charge in [0.1, 0.15) is 17.0 Å². The Kier molecular flexibility index (Phi) is 10.5. The number of benzene rings is 2. The highest BCUT2D eigenvalue weighted by Crippen LogP contribution is 2.50. The summed E-state index contributed by atoms with van der Waals surface area (Å²) in [4.78, 5) is 27.6. The number of carbonyl (C=O) groups is 2.